The van der Waals surface area contributed by atoms with E-state index >= 15 is 0 Å². The molecule has 5 aromatic carbocycles. The van der Waals surface area contributed by atoms with E-state index in [1.807, 2.05) is 132 Å². The second kappa shape index (κ2) is 22.1. The first kappa shape index (κ1) is 43.1. The minimum absolute atomic E-state index is 0.209. The average molecular weight is 1030 g/mol. The van der Waals surface area contributed by atoms with E-state index in [1.54, 1.807) is 0 Å². The Hall–Kier alpha value is -4.02. The minimum atomic E-state index is -2.44. The van der Waals surface area contributed by atoms with Crippen molar-refractivity contribution in [3.05, 3.63) is 195 Å². The number of carbonyl (C=O) groups is 4. The Kier molecular flexibility index (Phi) is 17.0. The summed E-state index contributed by atoms with van der Waals surface area (Å²) in [7, 11) is 7.41. The van der Waals surface area contributed by atoms with Gasteiger partial charge in [0.25, 0.3) is 0 Å². The molecular formula is C42H36N4O4S4Sb2. The number of rotatable bonds is 18. The molecule has 4 amide bonds. The monoisotopic (exact) mass is 1030 g/mol. The van der Waals surface area contributed by atoms with E-state index in [-0.39, 0.29) is 23.6 Å². The van der Waals surface area contributed by atoms with Gasteiger partial charge in [0.1, 0.15) is 0 Å². The van der Waals surface area contributed by atoms with Gasteiger partial charge in [-0.25, -0.2) is 0 Å². The second-order valence-electron chi connectivity index (χ2n) is 11.2. The molecule has 0 atom stereocenters. The van der Waals surface area contributed by atoms with E-state index < -0.39 is 34.8 Å². The van der Waals surface area contributed by atoms with E-state index in [4.69, 9.17) is 0 Å². The van der Waals surface area contributed by atoms with Gasteiger partial charge in [-0.3, -0.25) is 0 Å². The average Bonchev–Trinajstić information content (AvgIpc) is 3.22. The van der Waals surface area contributed by atoms with Gasteiger partial charge in [-0.05, 0) is 0 Å². The topological polar surface area (TPSA) is 116 Å². The van der Waals surface area contributed by atoms with Crippen LogP contribution < -0.4 is 28.3 Å². The number of carbonyl (C=O) groups excluding carboxylic acids is 4. The molecule has 282 valence electrons. The van der Waals surface area contributed by atoms with Crippen LogP contribution in [0.2, 0.25) is 0 Å². The van der Waals surface area contributed by atoms with Crippen LogP contribution in [-0.2, 0) is 0 Å². The van der Waals surface area contributed by atoms with Gasteiger partial charge in [0.15, 0.2) is 0 Å². The first-order chi connectivity index (χ1) is 27.2. The summed E-state index contributed by atoms with van der Waals surface area (Å²) in [5, 5.41) is 10.5. The van der Waals surface area contributed by atoms with Crippen molar-refractivity contribution in [1.82, 2.24) is 21.3 Å². The molecular weight excluding hydrogens is 996 g/mol. The van der Waals surface area contributed by atoms with Crippen molar-refractivity contribution < 1.29 is 19.2 Å². The van der Waals surface area contributed by atoms with Crippen molar-refractivity contribution in [3.63, 3.8) is 0 Å². The van der Waals surface area contributed by atoms with E-state index in [2.05, 4.69) is 71.8 Å². The molecule has 0 unspecified atom stereocenters. The quantitative estimate of drug-likeness (QED) is 0.0660. The van der Waals surface area contributed by atoms with Gasteiger partial charge in [0, 0.05) is 0 Å². The van der Waals surface area contributed by atoms with Crippen LogP contribution in [-0.4, -0.2) is 58.4 Å². The fraction of sp³-hybridized carbons (Fsp3) is 0. The molecule has 0 spiro atoms. The zero-order valence-corrected chi connectivity index (χ0v) is 38.2. The van der Waals surface area contributed by atoms with Crippen LogP contribution >= 0.6 is 35.4 Å². The van der Waals surface area contributed by atoms with Gasteiger partial charge in [-0.15, -0.1) is 0 Å². The van der Waals surface area contributed by atoms with Gasteiger partial charge < -0.3 is 0 Å². The third kappa shape index (κ3) is 12.5. The fourth-order valence-electron chi connectivity index (χ4n) is 4.70. The van der Waals surface area contributed by atoms with Crippen molar-refractivity contribution in [2.24, 2.45) is 0 Å². The van der Waals surface area contributed by atoms with Crippen molar-refractivity contribution in [2.75, 3.05) is 0 Å². The van der Waals surface area contributed by atoms with E-state index in [1.165, 1.54) is 31.8 Å². The van der Waals surface area contributed by atoms with Gasteiger partial charge in [-0.2, -0.15) is 0 Å². The number of amides is 4. The summed E-state index contributed by atoms with van der Waals surface area (Å²) in [5.74, 6) is -0.838. The molecule has 14 heteroatoms. The molecule has 8 nitrogen and oxygen atoms in total. The molecule has 0 saturated heterocycles. The maximum atomic E-state index is 12.4. The molecule has 56 heavy (non-hydrogen) atoms. The first-order valence-electron chi connectivity index (χ1n) is 16.7. The van der Waals surface area contributed by atoms with Gasteiger partial charge >= 0.3 is 356 Å². The van der Waals surface area contributed by atoms with Crippen LogP contribution in [0.25, 0.3) is 0 Å². The molecule has 4 N–H and O–H groups in total. The van der Waals surface area contributed by atoms with Crippen molar-refractivity contribution in [3.8, 4) is 0 Å². The normalized spacial score (nSPS) is 10.6. The van der Waals surface area contributed by atoms with Gasteiger partial charge in [0.05, 0.1) is 0 Å². The van der Waals surface area contributed by atoms with Crippen LogP contribution in [0.1, 0.15) is 41.4 Å². The molecule has 0 aliphatic rings. The molecule has 5 aromatic rings. The third-order valence-corrected chi connectivity index (χ3v) is 38.7. The van der Waals surface area contributed by atoms with Gasteiger partial charge in [-0.1, -0.05) is 0 Å². The Morgan fingerprint density at radius 3 is 0.732 bits per heavy atom. The van der Waals surface area contributed by atoms with Crippen LogP contribution in [0.5, 0.6) is 0 Å². The second-order valence-corrected chi connectivity index (χ2v) is 38.9. The van der Waals surface area contributed by atoms with Crippen molar-refractivity contribution in [1.29, 1.82) is 0 Å². The molecule has 0 aliphatic carbocycles. The van der Waals surface area contributed by atoms with Crippen LogP contribution in [0.15, 0.2) is 192 Å². The zero-order valence-electron chi connectivity index (χ0n) is 29.8. The van der Waals surface area contributed by atoms with Crippen LogP contribution in [0, 0.1) is 0 Å². The SMILES string of the molecule is C=CNC(=O)c1ccc([S][Sb]([S]c2ccc(C(=O)NC=C)cc2)[c]2cc[c]([Sb]([S]c3ccc(C(=O)NC=C)cc3)[S]c3ccc(C(=O)NC=C)cc3)cc2)cc1. The Morgan fingerprint density at radius 1 is 0.357 bits per heavy atom. The molecule has 0 fully saturated rings. The summed E-state index contributed by atoms with van der Waals surface area (Å²) in [6.07, 6.45) is 5.49. The molecule has 0 saturated carbocycles. The Bertz CT molecular complexity index is 1910. The number of hydrogen-bond acceptors (Lipinski definition) is 8. The number of hydrogen-bond donors (Lipinski definition) is 4. The van der Waals surface area contributed by atoms with E-state index in [9.17, 15) is 19.2 Å². The van der Waals surface area contributed by atoms with Crippen LogP contribution in [0.3, 0.4) is 0 Å². The molecule has 0 heterocycles. The molecule has 0 bridgehead atoms. The zero-order chi connectivity index (χ0) is 39.9. The van der Waals surface area contributed by atoms with Crippen molar-refractivity contribution >= 4 is 101 Å². The first-order valence-corrected chi connectivity index (χ1v) is 34.9. The fourth-order valence-corrected chi connectivity index (χ4v) is 35.9. The van der Waals surface area contributed by atoms with E-state index in [0.717, 1.165) is 19.6 Å². The predicted molar refractivity (Wildman–Crippen MR) is 237 cm³/mol. The molecule has 0 radical (unpaired) electrons. The summed E-state index contributed by atoms with van der Waals surface area (Å²) < 4.78 is 2.55. The summed E-state index contributed by atoms with van der Waals surface area (Å²) >= 11 is -4.89. The Balaban J connectivity index is 1.44. The predicted octanol–water partition coefficient (Wildman–Crippen LogP) is 7.74. The van der Waals surface area contributed by atoms with Crippen LogP contribution in [0.4, 0.5) is 0 Å². The van der Waals surface area contributed by atoms with Crippen molar-refractivity contribution in [2.45, 2.75) is 19.6 Å². The summed E-state index contributed by atoms with van der Waals surface area (Å²) in [6, 6.07) is 39.4. The Morgan fingerprint density at radius 2 is 0.554 bits per heavy atom. The third-order valence-electron chi connectivity index (χ3n) is 7.42. The number of nitrogens with one attached hydrogen (secondary N) is 4. The standard InChI is InChI=1S/4C9H9NOS.C6H4.2Sb/c4*1-2-10-9(11)7-3-5-8(12)6-4-7;1-2-4-6-5-3-1;;/h4*2-6,12H,1H2,(H,10,11);1-2,5-6H;;/q;;;;;2*+2/p-4. The Labute approximate surface area is 352 Å². The molecule has 5 rings (SSSR count). The summed E-state index contributed by atoms with van der Waals surface area (Å²) in [6.45, 7) is 14.3. The maximum absolute atomic E-state index is 12.4. The number of benzene rings is 5. The summed E-state index contributed by atoms with van der Waals surface area (Å²) in [4.78, 5) is 53.7. The molecule has 0 aliphatic heterocycles. The van der Waals surface area contributed by atoms with E-state index in [0.29, 0.717) is 22.3 Å². The molecule has 0 aromatic heterocycles. The van der Waals surface area contributed by atoms with Gasteiger partial charge in [0.2, 0.25) is 0 Å². The summed E-state index contributed by atoms with van der Waals surface area (Å²) in [5.41, 5.74) is 2.22.